The lowest BCUT2D eigenvalue weighted by Crippen LogP contribution is -2.35. The number of halogens is 4. The van der Waals surface area contributed by atoms with Gasteiger partial charge in [-0.3, -0.25) is 4.98 Å². The molecular formula is C23H18F4N4O3. The normalized spacial score (nSPS) is 14.3. The molecule has 2 heterocycles. The predicted octanol–water partition coefficient (Wildman–Crippen LogP) is 5.32. The van der Waals surface area contributed by atoms with E-state index >= 15 is 0 Å². The Morgan fingerprint density at radius 3 is 2.53 bits per heavy atom. The molecule has 2 amide bonds. The van der Waals surface area contributed by atoms with Gasteiger partial charge < -0.3 is 20.1 Å². The van der Waals surface area contributed by atoms with E-state index in [-0.39, 0.29) is 12.1 Å². The highest BCUT2D eigenvalue weighted by atomic mass is 19.4. The van der Waals surface area contributed by atoms with Crippen LogP contribution in [0.25, 0.3) is 0 Å². The zero-order valence-electron chi connectivity index (χ0n) is 17.5. The van der Waals surface area contributed by atoms with Crippen LogP contribution in [0.15, 0.2) is 66.9 Å². The zero-order chi connectivity index (χ0) is 24.6. The van der Waals surface area contributed by atoms with Crippen LogP contribution in [0.3, 0.4) is 0 Å². The second kappa shape index (κ2) is 11.0. The molecule has 3 aromatic rings. The number of alkyl halides is 3. The first-order valence-corrected chi connectivity index (χ1v) is 9.91. The summed E-state index contributed by atoms with van der Waals surface area (Å²) in [5, 5.41) is 14.4. The van der Waals surface area contributed by atoms with Crippen molar-refractivity contribution < 1.29 is 31.8 Å². The number of pyridine rings is 1. The summed E-state index contributed by atoms with van der Waals surface area (Å²) >= 11 is 0. The Bertz CT molecular complexity index is 1160. The van der Waals surface area contributed by atoms with Gasteiger partial charge in [-0.15, -0.1) is 13.2 Å². The first kappa shape index (κ1) is 24.3. The molecule has 0 bridgehead atoms. The van der Waals surface area contributed by atoms with Crippen molar-refractivity contribution in [3.05, 3.63) is 83.9 Å². The molecule has 0 saturated carbocycles. The Hall–Kier alpha value is -4.33. The number of nitrogens with one attached hydrogen (secondary N) is 2. The second-order valence-corrected chi connectivity index (χ2v) is 6.84. The van der Waals surface area contributed by atoms with E-state index in [2.05, 4.69) is 20.4 Å². The van der Waals surface area contributed by atoms with Crippen LogP contribution in [0.1, 0.15) is 23.7 Å². The minimum absolute atomic E-state index is 0.177. The van der Waals surface area contributed by atoms with Gasteiger partial charge in [0.2, 0.25) is 0 Å². The van der Waals surface area contributed by atoms with Gasteiger partial charge in [-0.05, 0) is 48.5 Å². The van der Waals surface area contributed by atoms with Crippen molar-refractivity contribution in [2.75, 3.05) is 11.9 Å². The summed E-state index contributed by atoms with van der Waals surface area (Å²) < 4.78 is 56.0. The molecule has 34 heavy (non-hydrogen) atoms. The summed E-state index contributed by atoms with van der Waals surface area (Å²) in [6.45, 7) is 0.542. The lowest BCUT2D eigenvalue weighted by molar-refractivity contribution is -0.275. The topological polar surface area (TPSA) is 96.3 Å². The van der Waals surface area contributed by atoms with Gasteiger partial charge in [0.25, 0.3) is 0 Å². The monoisotopic (exact) mass is 474 g/mol. The Kier molecular flexibility index (Phi) is 7.87. The summed E-state index contributed by atoms with van der Waals surface area (Å²) in [6.07, 6.45) is -2.49. The van der Waals surface area contributed by atoms with Crippen molar-refractivity contribution in [2.24, 2.45) is 0 Å². The number of carbonyl (C=O) groups excluding carboxylic acids is 1. The summed E-state index contributed by atoms with van der Waals surface area (Å²) in [5.41, 5.74) is 1.92. The predicted molar refractivity (Wildman–Crippen MR) is 113 cm³/mol. The maximum Gasteiger partial charge on any atom is 0.573 e. The van der Waals surface area contributed by atoms with Crippen LogP contribution in [0.2, 0.25) is 0 Å². The van der Waals surface area contributed by atoms with E-state index in [1.54, 1.807) is 36.5 Å². The van der Waals surface area contributed by atoms with Crippen LogP contribution in [-0.4, -0.2) is 24.0 Å². The van der Waals surface area contributed by atoms with Gasteiger partial charge in [0, 0.05) is 18.3 Å². The standard InChI is InChI=1S/C16H14N4O2.C7H4F4O/c17-10-11-3-5-12(6-4-11)19-16(21)20-13-7-9-22-14-2-1-8-18-15(13)14;8-5-3-1-2-4-6(5)12-7(9,10)11/h1-6,8,13H,7,9H2,(H2,19,20,21);1-4H. The number of nitrogens with zero attached hydrogens (tertiary/aromatic N) is 2. The second-order valence-electron chi connectivity index (χ2n) is 6.84. The smallest absolute Gasteiger partial charge is 0.491 e. The summed E-state index contributed by atoms with van der Waals surface area (Å²) in [5.74, 6) is -1.14. The summed E-state index contributed by atoms with van der Waals surface area (Å²) in [7, 11) is 0. The van der Waals surface area contributed by atoms with Crippen molar-refractivity contribution in [1.29, 1.82) is 5.26 Å². The van der Waals surface area contributed by atoms with Crippen molar-refractivity contribution in [1.82, 2.24) is 10.3 Å². The third-order valence-corrected chi connectivity index (χ3v) is 4.43. The minimum atomic E-state index is -4.85. The molecule has 11 heteroatoms. The number of fused-ring (bicyclic) bond motifs is 1. The molecule has 0 radical (unpaired) electrons. The highest BCUT2D eigenvalue weighted by Crippen LogP contribution is 2.29. The quantitative estimate of drug-likeness (QED) is 0.501. The number of para-hydroxylation sites is 1. The molecule has 1 aromatic heterocycles. The SMILES string of the molecule is Fc1ccccc1OC(F)(F)F.N#Cc1ccc(NC(=O)NC2CCOc3cccnc32)cc1. The van der Waals surface area contributed by atoms with E-state index in [9.17, 15) is 22.4 Å². The van der Waals surface area contributed by atoms with E-state index in [1.165, 1.54) is 12.1 Å². The van der Waals surface area contributed by atoms with Crippen LogP contribution in [-0.2, 0) is 0 Å². The van der Waals surface area contributed by atoms with E-state index in [4.69, 9.17) is 10.00 Å². The Balaban J connectivity index is 0.000000229. The average Bonchev–Trinajstić information content (AvgIpc) is 2.81. The third-order valence-electron chi connectivity index (χ3n) is 4.43. The molecule has 0 saturated heterocycles. The molecule has 1 aliphatic rings. The molecule has 2 N–H and O–H groups in total. The van der Waals surface area contributed by atoms with Gasteiger partial charge in [-0.25, -0.2) is 9.18 Å². The summed E-state index contributed by atoms with van der Waals surface area (Å²) in [6, 6.07) is 16.2. The van der Waals surface area contributed by atoms with Gasteiger partial charge in [0.05, 0.1) is 24.3 Å². The van der Waals surface area contributed by atoms with Crippen LogP contribution >= 0.6 is 0 Å². The van der Waals surface area contributed by atoms with E-state index in [1.807, 2.05) is 12.1 Å². The molecule has 4 rings (SSSR count). The minimum Gasteiger partial charge on any atom is -0.491 e. The molecule has 1 unspecified atom stereocenters. The molecule has 0 fully saturated rings. The molecule has 176 valence electrons. The molecule has 1 aliphatic heterocycles. The first-order chi connectivity index (χ1) is 16.2. The molecular weight excluding hydrogens is 456 g/mol. The van der Waals surface area contributed by atoms with Crippen LogP contribution in [0, 0.1) is 17.1 Å². The molecule has 2 aromatic carbocycles. The average molecular weight is 474 g/mol. The van der Waals surface area contributed by atoms with Crippen LogP contribution in [0.5, 0.6) is 11.5 Å². The van der Waals surface area contributed by atoms with Crippen molar-refractivity contribution in [3.63, 3.8) is 0 Å². The highest BCUT2D eigenvalue weighted by Gasteiger charge is 2.32. The maximum absolute atomic E-state index is 12.5. The Morgan fingerprint density at radius 2 is 1.85 bits per heavy atom. The Morgan fingerprint density at radius 1 is 1.12 bits per heavy atom. The number of anilines is 1. The number of amides is 2. The van der Waals surface area contributed by atoms with Crippen molar-refractivity contribution >= 4 is 11.7 Å². The third kappa shape index (κ3) is 7.09. The first-order valence-electron chi connectivity index (χ1n) is 9.91. The molecule has 0 aliphatic carbocycles. The van der Waals surface area contributed by atoms with E-state index in [0.29, 0.717) is 30.0 Å². The van der Waals surface area contributed by atoms with Gasteiger partial charge in [-0.2, -0.15) is 5.26 Å². The number of rotatable bonds is 3. The zero-order valence-corrected chi connectivity index (χ0v) is 17.5. The van der Waals surface area contributed by atoms with Gasteiger partial charge >= 0.3 is 12.4 Å². The van der Waals surface area contributed by atoms with Gasteiger partial charge in [0.15, 0.2) is 11.6 Å². The molecule has 1 atom stereocenters. The fraction of sp³-hybridized carbons (Fsp3) is 0.174. The number of hydrogen-bond donors (Lipinski definition) is 2. The lowest BCUT2D eigenvalue weighted by Gasteiger charge is -2.25. The van der Waals surface area contributed by atoms with Crippen LogP contribution < -0.4 is 20.1 Å². The largest absolute Gasteiger partial charge is 0.573 e. The number of benzene rings is 2. The van der Waals surface area contributed by atoms with E-state index in [0.717, 1.165) is 17.8 Å². The maximum atomic E-state index is 12.5. The number of nitriles is 1. The van der Waals surface area contributed by atoms with Crippen LogP contribution in [0.4, 0.5) is 28.0 Å². The number of urea groups is 1. The number of ether oxygens (including phenoxy) is 2. The van der Waals surface area contributed by atoms with Crippen molar-refractivity contribution in [3.8, 4) is 17.6 Å². The number of aromatic nitrogens is 1. The van der Waals surface area contributed by atoms with Crippen molar-refractivity contribution in [2.45, 2.75) is 18.8 Å². The lowest BCUT2D eigenvalue weighted by atomic mass is 10.1. The highest BCUT2D eigenvalue weighted by molar-refractivity contribution is 5.89. The Labute approximate surface area is 191 Å². The van der Waals surface area contributed by atoms with Gasteiger partial charge in [0.1, 0.15) is 11.4 Å². The molecule has 0 spiro atoms. The number of hydrogen-bond acceptors (Lipinski definition) is 5. The summed E-state index contributed by atoms with van der Waals surface area (Å²) in [4.78, 5) is 16.4. The van der Waals surface area contributed by atoms with Gasteiger partial charge in [-0.1, -0.05) is 12.1 Å². The van der Waals surface area contributed by atoms with E-state index < -0.39 is 17.9 Å². The fourth-order valence-electron chi connectivity index (χ4n) is 2.96. The molecule has 7 nitrogen and oxygen atoms in total. The number of carbonyl (C=O) groups is 1. The fourth-order valence-corrected chi connectivity index (χ4v) is 2.96.